The Morgan fingerprint density at radius 2 is 1.78 bits per heavy atom. The number of hydroxylamine groups is 1. The molecule has 0 spiro atoms. The Hall–Kier alpha value is -0.120. The van der Waals surface area contributed by atoms with Crippen LogP contribution in [0.5, 0.6) is 0 Å². The van der Waals surface area contributed by atoms with E-state index >= 15 is 0 Å². The largest absolute Gasteiger partial charge is 0.772 e. The number of piperidine rings is 1. The summed E-state index contributed by atoms with van der Waals surface area (Å²) in [6.07, 6.45) is 3.63. The lowest BCUT2D eigenvalue weighted by molar-refractivity contribution is 0.0276. The molecule has 0 amide bonds. The van der Waals surface area contributed by atoms with Crippen molar-refractivity contribution in [1.29, 1.82) is 0 Å². The SMILES string of the molecule is CN([O-])N1CCCCC1. The van der Waals surface area contributed by atoms with Crippen LogP contribution in [0.3, 0.4) is 0 Å². The first kappa shape index (κ1) is 6.99. The van der Waals surface area contributed by atoms with Gasteiger partial charge < -0.3 is 10.4 Å². The van der Waals surface area contributed by atoms with Crippen molar-refractivity contribution in [3.8, 4) is 0 Å². The Bertz CT molecular complexity index is 79.1. The molecular formula is C6H13N2O-. The summed E-state index contributed by atoms with van der Waals surface area (Å²) in [5.74, 6) is 0. The van der Waals surface area contributed by atoms with Crippen LogP contribution in [0, 0.1) is 5.21 Å². The third-order valence-corrected chi connectivity index (χ3v) is 1.73. The second kappa shape index (κ2) is 3.15. The van der Waals surface area contributed by atoms with E-state index in [1.807, 2.05) is 5.01 Å². The van der Waals surface area contributed by atoms with Gasteiger partial charge >= 0.3 is 0 Å². The molecule has 0 aromatic heterocycles. The Morgan fingerprint density at radius 1 is 1.22 bits per heavy atom. The number of hydrogen-bond donors (Lipinski definition) is 0. The molecular weight excluding hydrogens is 116 g/mol. The van der Waals surface area contributed by atoms with Crippen molar-refractivity contribution in [2.24, 2.45) is 0 Å². The maximum atomic E-state index is 10.6. The Kier molecular flexibility index (Phi) is 2.45. The number of rotatable bonds is 1. The van der Waals surface area contributed by atoms with Gasteiger partial charge in [-0.2, -0.15) is 0 Å². The number of hydrazine groups is 1. The van der Waals surface area contributed by atoms with Gasteiger partial charge in [-0.15, -0.1) is 0 Å². The molecule has 0 atom stereocenters. The fraction of sp³-hybridized carbons (Fsp3) is 1.00. The minimum absolute atomic E-state index is 0.944. The topological polar surface area (TPSA) is 29.5 Å². The van der Waals surface area contributed by atoms with E-state index in [0.29, 0.717) is 0 Å². The van der Waals surface area contributed by atoms with Gasteiger partial charge in [0.05, 0.1) is 0 Å². The van der Waals surface area contributed by atoms with Crippen LogP contribution in [-0.4, -0.2) is 30.3 Å². The minimum Gasteiger partial charge on any atom is -0.772 e. The summed E-state index contributed by atoms with van der Waals surface area (Å²) in [7, 11) is 1.56. The van der Waals surface area contributed by atoms with Crippen LogP contribution in [0.25, 0.3) is 0 Å². The lowest BCUT2D eigenvalue weighted by Crippen LogP contribution is -2.39. The van der Waals surface area contributed by atoms with Crippen molar-refractivity contribution in [3.05, 3.63) is 5.21 Å². The molecule has 0 aromatic carbocycles. The van der Waals surface area contributed by atoms with Crippen molar-refractivity contribution >= 4 is 0 Å². The standard InChI is InChI=1S/C6H13N2O/c1-7(9)8-5-3-2-4-6-8/h2-6H2,1H3/q-1. The molecule has 0 radical (unpaired) electrons. The molecule has 0 unspecified atom stereocenters. The van der Waals surface area contributed by atoms with Crippen LogP contribution in [-0.2, 0) is 0 Å². The molecule has 1 heterocycles. The summed E-state index contributed by atoms with van der Waals surface area (Å²) >= 11 is 0. The number of nitrogens with zero attached hydrogens (tertiary/aromatic N) is 2. The summed E-state index contributed by atoms with van der Waals surface area (Å²) in [5.41, 5.74) is 0. The molecule has 1 rings (SSSR count). The second-order valence-corrected chi connectivity index (χ2v) is 2.48. The fourth-order valence-electron chi connectivity index (χ4n) is 1.16. The van der Waals surface area contributed by atoms with Crippen LogP contribution in [0.1, 0.15) is 19.3 Å². The van der Waals surface area contributed by atoms with Gasteiger partial charge in [-0.25, -0.2) is 0 Å². The van der Waals surface area contributed by atoms with Crippen molar-refractivity contribution in [3.63, 3.8) is 0 Å². The number of hydrogen-bond acceptors (Lipinski definition) is 3. The van der Waals surface area contributed by atoms with Gasteiger partial charge in [-0.3, -0.25) is 5.01 Å². The zero-order valence-corrected chi connectivity index (χ0v) is 5.84. The molecule has 54 valence electrons. The first-order valence-electron chi connectivity index (χ1n) is 3.46. The first-order valence-corrected chi connectivity index (χ1v) is 3.46. The predicted octanol–water partition coefficient (Wildman–Crippen LogP) is 0.817. The zero-order valence-electron chi connectivity index (χ0n) is 5.84. The highest BCUT2D eigenvalue weighted by Crippen LogP contribution is 2.08. The van der Waals surface area contributed by atoms with Crippen molar-refractivity contribution in [2.45, 2.75) is 19.3 Å². The van der Waals surface area contributed by atoms with E-state index in [1.165, 1.54) is 19.3 Å². The highest BCUT2D eigenvalue weighted by atomic mass is 16.5. The smallest absolute Gasteiger partial charge is 0.0123 e. The maximum Gasteiger partial charge on any atom is 0.0123 e. The molecule has 0 bridgehead atoms. The van der Waals surface area contributed by atoms with E-state index in [1.54, 1.807) is 7.05 Å². The molecule has 0 aliphatic carbocycles. The van der Waals surface area contributed by atoms with Crippen LogP contribution in [0.2, 0.25) is 0 Å². The summed E-state index contributed by atoms with van der Waals surface area (Å²) in [6, 6.07) is 0. The maximum absolute atomic E-state index is 10.6. The van der Waals surface area contributed by atoms with E-state index in [-0.39, 0.29) is 0 Å². The molecule has 3 heteroatoms. The average molecular weight is 129 g/mol. The predicted molar refractivity (Wildman–Crippen MR) is 36.6 cm³/mol. The van der Waals surface area contributed by atoms with E-state index < -0.39 is 0 Å². The van der Waals surface area contributed by atoms with Gasteiger partial charge in [0.1, 0.15) is 0 Å². The van der Waals surface area contributed by atoms with Crippen LogP contribution in [0.15, 0.2) is 0 Å². The monoisotopic (exact) mass is 129 g/mol. The van der Waals surface area contributed by atoms with Gasteiger partial charge in [0, 0.05) is 13.1 Å². The lowest BCUT2D eigenvalue weighted by atomic mass is 10.2. The van der Waals surface area contributed by atoms with Crippen molar-refractivity contribution < 1.29 is 0 Å². The average Bonchev–Trinajstić information content (AvgIpc) is 1.90. The summed E-state index contributed by atoms with van der Waals surface area (Å²) < 4.78 is 0. The Morgan fingerprint density at radius 3 is 2.11 bits per heavy atom. The van der Waals surface area contributed by atoms with Crippen LogP contribution in [0.4, 0.5) is 0 Å². The van der Waals surface area contributed by atoms with Crippen molar-refractivity contribution in [2.75, 3.05) is 20.1 Å². The Labute approximate surface area is 55.8 Å². The van der Waals surface area contributed by atoms with Crippen LogP contribution >= 0.6 is 0 Å². The van der Waals surface area contributed by atoms with Crippen LogP contribution < -0.4 is 0 Å². The lowest BCUT2D eigenvalue weighted by Gasteiger charge is -2.39. The van der Waals surface area contributed by atoms with E-state index in [0.717, 1.165) is 18.3 Å². The van der Waals surface area contributed by atoms with Gasteiger partial charge in [-0.05, 0) is 19.9 Å². The normalized spacial score (nSPS) is 23.0. The van der Waals surface area contributed by atoms with Gasteiger partial charge in [0.25, 0.3) is 0 Å². The molecule has 0 aromatic rings. The molecule has 9 heavy (non-hydrogen) atoms. The second-order valence-electron chi connectivity index (χ2n) is 2.48. The fourth-order valence-corrected chi connectivity index (χ4v) is 1.16. The van der Waals surface area contributed by atoms with E-state index in [9.17, 15) is 5.21 Å². The van der Waals surface area contributed by atoms with Gasteiger partial charge in [0.15, 0.2) is 0 Å². The molecule has 1 aliphatic rings. The summed E-state index contributed by atoms with van der Waals surface area (Å²) in [4.78, 5) is 0. The quantitative estimate of drug-likeness (QED) is 0.491. The van der Waals surface area contributed by atoms with Gasteiger partial charge in [-0.1, -0.05) is 6.42 Å². The molecule has 3 nitrogen and oxygen atoms in total. The third kappa shape index (κ3) is 1.93. The van der Waals surface area contributed by atoms with E-state index in [4.69, 9.17) is 0 Å². The minimum atomic E-state index is 0.944. The Balaban J connectivity index is 2.23. The van der Waals surface area contributed by atoms with Crippen molar-refractivity contribution in [1.82, 2.24) is 10.2 Å². The molecule has 1 fully saturated rings. The summed E-state index contributed by atoms with van der Waals surface area (Å²) in [5, 5.41) is 13.4. The highest BCUT2D eigenvalue weighted by Gasteiger charge is 2.07. The van der Waals surface area contributed by atoms with Gasteiger partial charge in [0.2, 0.25) is 0 Å². The van der Waals surface area contributed by atoms with E-state index in [2.05, 4.69) is 0 Å². The molecule has 1 saturated heterocycles. The zero-order chi connectivity index (χ0) is 6.69. The third-order valence-electron chi connectivity index (χ3n) is 1.73. The molecule has 0 saturated carbocycles. The molecule has 0 N–H and O–H groups in total. The molecule has 1 aliphatic heterocycles. The summed E-state index contributed by atoms with van der Waals surface area (Å²) in [6.45, 7) is 1.89. The first-order chi connectivity index (χ1) is 4.30. The highest BCUT2D eigenvalue weighted by molar-refractivity contribution is 4.61.